The second kappa shape index (κ2) is 5.22. The van der Waals surface area contributed by atoms with E-state index in [1.54, 1.807) is 0 Å². The van der Waals surface area contributed by atoms with E-state index in [4.69, 9.17) is 5.26 Å². The van der Waals surface area contributed by atoms with Gasteiger partial charge in [0.05, 0.1) is 0 Å². The summed E-state index contributed by atoms with van der Waals surface area (Å²) in [5.74, 6) is 3.92. The number of rotatable bonds is 3. The number of nitriles is 1. The first kappa shape index (κ1) is 12.9. The molecule has 0 aliphatic carbocycles. The van der Waals surface area contributed by atoms with Gasteiger partial charge in [-0.05, 0) is 18.2 Å². The fraction of sp³-hybridized carbons (Fsp3) is 0.182. The van der Waals surface area contributed by atoms with Gasteiger partial charge in [0.1, 0.15) is 5.75 Å². The molecule has 0 heterocycles. The second-order valence-electron chi connectivity index (χ2n) is 2.85. The molecule has 0 fully saturated rings. The zero-order valence-corrected chi connectivity index (χ0v) is 8.25. The summed E-state index contributed by atoms with van der Waals surface area (Å²) in [5, 5.41) is 8.18. The number of halogens is 4. The second-order valence-corrected chi connectivity index (χ2v) is 2.85. The van der Waals surface area contributed by atoms with Crippen molar-refractivity contribution in [2.75, 3.05) is 0 Å². The molecule has 1 aromatic rings. The van der Waals surface area contributed by atoms with Crippen LogP contribution in [0.15, 0.2) is 24.3 Å². The van der Waals surface area contributed by atoms with Crippen molar-refractivity contribution in [2.24, 2.45) is 0 Å². The summed E-state index contributed by atoms with van der Waals surface area (Å²) in [6, 6.07) is 6.40. The van der Waals surface area contributed by atoms with Crippen LogP contribution in [-0.4, -0.2) is 12.5 Å². The Hall–Kier alpha value is -2.21. The molecule has 0 atom stereocenters. The summed E-state index contributed by atoms with van der Waals surface area (Å²) in [5.41, 5.74) is 0.217. The monoisotopic (exact) mass is 243 g/mol. The Morgan fingerprint density at radius 2 is 2.00 bits per heavy atom. The van der Waals surface area contributed by atoms with Gasteiger partial charge in [-0.15, -0.1) is 0 Å². The van der Waals surface area contributed by atoms with E-state index in [0.29, 0.717) is 0 Å². The molecule has 0 aliphatic heterocycles. The smallest absolute Gasteiger partial charge is 0.428 e. The third-order valence-corrected chi connectivity index (χ3v) is 1.60. The lowest BCUT2D eigenvalue weighted by molar-refractivity contribution is -0.253. The first-order valence-corrected chi connectivity index (χ1v) is 4.31. The summed E-state index contributed by atoms with van der Waals surface area (Å²) in [6.07, 6.45) is -8.47. The fourth-order valence-electron chi connectivity index (χ4n) is 0.939. The number of ether oxygens (including phenoxy) is 1. The highest BCUT2D eigenvalue weighted by Gasteiger charge is 2.43. The highest BCUT2D eigenvalue weighted by atomic mass is 19.3. The molecule has 0 unspecified atom stereocenters. The number of hydrogen-bond acceptors (Lipinski definition) is 2. The topological polar surface area (TPSA) is 33.0 Å². The Morgan fingerprint density at radius 1 is 1.29 bits per heavy atom. The summed E-state index contributed by atoms with van der Waals surface area (Å²) < 4.78 is 52.7. The third kappa shape index (κ3) is 3.69. The molecule has 6 heteroatoms. The van der Waals surface area contributed by atoms with Crippen molar-refractivity contribution in [3.8, 4) is 23.7 Å². The molecule has 0 amide bonds. The van der Waals surface area contributed by atoms with Gasteiger partial charge < -0.3 is 4.74 Å². The molecule has 2 nitrogen and oxygen atoms in total. The SMILES string of the molecule is N#CC#Cc1cccc(OC(F)(F)C(F)F)c1. The molecule has 0 aromatic heterocycles. The number of benzene rings is 1. The van der Waals surface area contributed by atoms with Gasteiger partial charge in [-0.2, -0.15) is 22.8 Å². The predicted molar refractivity (Wildman–Crippen MR) is 50.5 cm³/mol. The van der Waals surface area contributed by atoms with Crippen LogP contribution in [0.3, 0.4) is 0 Å². The molecule has 0 aliphatic rings. The van der Waals surface area contributed by atoms with Crippen LogP contribution < -0.4 is 4.74 Å². The van der Waals surface area contributed by atoms with Crippen LogP contribution in [0.4, 0.5) is 17.6 Å². The number of alkyl halides is 4. The van der Waals surface area contributed by atoms with Crippen LogP contribution in [0.1, 0.15) is 5.56 Å². The van der Waals surface area contributed by atoms with Crippen LogP contribution in [0, 0.1) is 23.2 Å². The molecular weight excluding hydrogens is 238 g/mol. The molecule has 0 saturated heterocycles. The van der Waals surface area contributed by atoms with E-state index < -0.39 is 18.3 Å². The van der Waals surface area contributed by atoms with Crippen molar-refractivity contribution in [2.45, 2.75) is 12.5 Å². The van der Waals surface area contributed by atoms with Crippen molar-refractivity contribution in [1.82, 2.24) is 0 Å². The van der Waals surface area contributed by atoms with Gasteiger partial charge in [-0.1, -0.05) is 12.0 Å². The maximum atomic E-state index is 12.6. The lowest BCUT2D eigenvalue weighted by Gasteiger charge is -2.16. The first-order chi connectivity index (χ1) is 7.95. The van der Waals surface area contributed by atoms with Gasteiger partial charge >= 0.3 is 12.5 Å². The summed E-state index contributed by atoms with van der Waals surface area (Å²) >= 11 is 0. The van der Waals surface area contributed by atoms with Crippen LogP contribution in [0.2, 0.25) is 0 Å². The minimum atomic E-state index is -4.55. The van der Waals surface area contributed by atoms with Gasteiger partial charge in [-0.3, -0.25) is 0 Å². The van der Waals surface area contributed by atoms with E-state index in [2.05, 4.69) is 10.7 Å². The van der Waals surface area contributed by atoms with E-state index in [1.165, 1.54) is 18.2 Å². The van der Waals surface area contributed by atoms with Gasteiger partial charge in [0.25, 0.3) is 0 Å². The Bertz CT molecular complexity index is 496. The molecule has 88 valence electrons. The largest absolute Gasteiger partial charge is 0.461 e. The van der Waals surface area contributed by atoms with E-state index in [0.717, 1.165) is 12.1 Å². The Morgan fingerprint density at radius 3 is 2.59 bits per heavy atom. The molecule has 1 aromatic carbocycles. The zero-order valence-electron chi connectivity index (χ0n) is 8.25. The minimum Gasteiger partial charge on any atom is -0.428 e. The van der Waals surface area contributed by atoms with E-state index in [9.17, 15) is 17.6 Å². The fourth-order valence-corrected chi connectivity index (χ4v) is 0.939. The van der Waals surface area contributed by atoms with Crippen molar-refractivity contribution in [1.29, 1.82) is 5.26 Å². The van der Waals surface area contributed by atoms with E-state index >= 15 is 0 Å². The van der Waals surface area contributed by atoms with Gasteiger partial charge in [0.15, 0.2) is 6.07 Å². The quantitative estimate of drug-likeness (QED) is 0.604. The number of nitrogens with zero attached hydrogens (tertiary/aromatic N) is 1. The molecule has 1 rings (SSSR count). The van der Waals surface area contributed by atoms with Crippen molar-refractivity contribution in [3.63, 3.8) is 0 Å². The first-order valence-electron chi connectivity index (χ1n) is 4.31. The van der Waals surface area contributed by atoms with Crippen LogP contribution in [0.25, 0.3) is 0 Å². The van der Waals surface area contributed by atoms with E-state index in [-0.39, 0.29) is 5.56 Å². The third-order valence-electron chi connectivity index (χ3n) is 1.60. The van der Waals surface area contributed by atoms with Crippen LogP contribution >= 0.6 is 0 Å². The molecule has 0 radical (unpaired) electrons. The Balaban J connectivity index is 2.90. The highest BCUT2D eigenvalue weighted by Crippen LogP contribution is 2.27. The number of hydrogen-bond donors (Lipinski definition) is 0. The molecular formula is C11H5F4NO. The maximum absolute atomic E-state index is 12.6. The van der Waals surface area contributed by atoms with E-state index in [1.807, 2.05) is 5.92 Å². The molecule has 0 saturated carbocycles. The Labute approximate surface area is 94.4 Å². The summed E-state index contributed by atoms with van der Waals surface area (Å²) in [7, 11) is 0. The highest BCUT2D eigenvalue weighted by molar-refractivity contribution is 5.42. The lowest BCUT2D eigenvalue weighted by Crippen LogP contribution is -2.33. The summed E-state index contributed by atoms with van der Waals surface area (Å²) in [6.45, 7) is 0. The molecule has 0 spiro atoms. The average molecular weight is 243 g/mol. The molecule has 0 bridgehead atoms. The predicted octanol–water partition coefficient (Wildman–Crippen LogP) is 2.80. The van der Waals surface area contributed by atoms with Crippen molar-refractivity contribution >= 4 is 0 Å². The zero-order chi connectivity index (χ0) is 12.9. The molecule has 0 N–H and O–H groups in total. The maximum Gasteiger partial charge on any atom is 0.461 e. The lowest BCUT2D eigenvalue weighted by atomic mass is 10.2. The van der Waals surface area contributed by atoms with Gasteiger partial charge in [-0.25, -0.2) is 0 Å². The van der Waals surface area contributed by atoms with Crippen LogP contribution in [0.5, 0.6) is 5.75 Å². The standard InChI is InChI=1S/C11H5F4NO/c12-10(13)11(14,15)17-9-5-1-3-8(7-9)4-2-6-16/h1,3,5,7,10H. The summed E-state index contributed by atoms with van der Waals surface area (Å²) in [4.78, 5) is 0. The van der Waals surface area contributed by atoms with Crippen molar-refractivity contribution in [3.05, 3.63) is 29.8 Å². The normalized spacial score (nSPS) is 10.4. The Kier molecular flexibility index (Phi) is 3.95. The average Bonchev–Trinajstić information content (AvgIpc) is 2.26. The van der Waals surface area contributed by atoms with Crippen molar-refractivity contribution < 1.29 is 22.3 Å². The van der Waals surface area contributed by atoms with Gasteiger partial charge in [0.2, 0.25) is 0 Å². The van der Waals surface area contributed by atoms with Gasteiger partial charge in [0, 0.05) is 11.5 Å². The molecule has 17 heavy (non-hydrogen) atoms. The van der Waals surface area contributed by atoms with Crippen LogP contribution in [-0.2, 0) is 0 Å². The minimum absolute atomic E-state index is 0.217.